The van der Waals surface area contributed by atoms with Gasteiger partial charge in [-0.25, -0.2) is 32.2 Å². The first-order valence-corrected chi connectivity index (χ1v) is 19.9. The largest absolute Gasteiger partial charge is 0.492 e. The van der Waals surface area contributed by atoms with Gasteiger partial charge in [-0.3, -0.25) is 14.1 Å². The van der Waals surface area contributed by atoms with Crippen molar-refractivity contribution in [2.45, 2.75) is 13.8 Å². The Morgan fingerprint density at radius 3 is 2.44 bits per heavy atom. The van der Waals surface area contributed by atoms with Crippen LogP contribution in [0.4, 0.5) is 31.8 Å². The van der Waals surface area contributed by atoms with Crippen molar-refractivity contribution in [2.24, 2.45) is 0 Å². The normalized spacial score (nSPS) is 13.6. The summed E-state index contributed by atoms with van der Waals surface area (Å²) < 4.78 is 60.0. The summed E-state index contributed by atoms with van der Waals surface area (Å²) in [6.45, 7) is 7.96. The average Bonchev–Trinajstić information content (AvgIpc) is 3.57. The number of pyridine rings is 1. The van der Waals surface area contributed by atoms with Gasteiger partial charge < -0.3 is 20.3 Å². The molecule has 0 atom stereocenters. The molecule has 2 N–H and O–H groups in total. The summed E-state index contributed by atoms with van der Waals surface area (Å²) in [5.74, 6) is -1.32. The number of halogens is 2. The number of ether oxygens (including phenoxy) is 1. The van der Waals surface area contributed by atoms with E-state index in [4.69, 9.17) is 14.7 Å². The van der Waals surface area contributed by atoms with E-state index in [1.807, 2.05) is 54.8 Å². The van der Waals surface area contributed by atoms with Crippen molar-refractivity contribution in [2.75, 3.05) is 66.9 Å². The van der Waals surface area contributed by atoms with Crippen LogP contribution in [0.3, 0.4) is 0 Å². The van der Waals surface area contributed by atoms with E-state index in [0.29, 0.717) is 58.8 Å². The number of benzene rings is 3. The van der Waals surface area contributed by atoms with E-state index in [-0.39, 0.29) is 11.3 Å². The molecule has 1 saturated heterocycles. The summed E-state index contributed by atoms with van der Waals surface area (Å²) in [6.07, 6.45) is 4.78. The van der Waals surface area contributed by atoms with Crippen molar-refractivity contribution in [3.05, 3.63) is 114 Å². The highest BCUT2D eigenvalue weighted by molar-refractivity contribution is 7.90. The van der Waals surface area contributed by atoms with Gasteiger partial charge in [0.1, 0.15) is 38.6 Å². The third kappa shape index (κ3) is 8.42. The smallest absolute Gasteiger partial charge is 0.255 e. The molecule has 3 aromatic carbocycles. The molecule has 1 aliphatic rings. The molecule has 15 heteroatoms. The molecule has 0 radical (unpaired) electrons. The van der Waals surface area contributed by atoms with Crippen LogP contribution in [0.1, 0.15) is 22.8 Å². The zero-order valence-corrected chi connectivity index (χ0v) is 31.4. The first-order chi connectivity index (χ1) is 26.5. The van der Waals surface area contributed by atoms with Crippen LogP contribution in [-0.2, 0) is 9.84 Å². The fourth-order valence-electron chi connectivity index (χ4n) is 6.62. The van der Waals surface area contributed by atoms with E-state index >= 15 is 0 Å². The molecule has 0 unspecified atom stereocenters. The highest BCUT2D eigenvalue weighted by Gasteiger charge is 2.23. The van der Waals surface area contributed by atoms with E-state index in [2.05, 4.69) is 25.4 Å². The molecular weight excluding hydrogens is 727 g/mol. The molecule has 284 valence electrons. The van der Waals surface area contributed by atoms with Crippen molar-refractivity contribution in [1.82, 2.24) is 24.3 Å². The monoisotopic (exact) mass is 766 g/mol. The lowest BCUT2D eigenvalue weighted by Gasteiger charge is -2.37. The third-order valence-electron chi connectivity index (χ3n) is 9.36. The Balaban J connectivity index is 1.17. The SMILES string of the molecule is CCOc1cc(N2CCN(CCS(C)(=O)=O)CC2)c(C)cc1Nc1nccc(-c2c(-c3cccc(C(=O)Nc4c(F)cccc4F)c3)nc3ccccn23)n1. The zero-order valence-electron chi connectivity index (χ0n) is 30.6. The number of rotatable bonds is 12. The first-order valence-electron chi connectivity index (χ1n) is 17.8. The molecule has 0 saturated carbocycles. The van der Waals surface area contributed by atoms with Gasteiger partial charge in [0, 0.05) is 74.3 Å². The summed E-state index contributed by atoms with van der Waals surface area (Å²) in [6, 6.07) is 21.5. The van der Waals surface area contributed by atoms with Crippen LogP contribution in [0, 0.1) is 18.6 Å². The maximum atomic E-state index is 14.3. The minimum atomic E-state index is -3.02. The van der Waals surface area contributed by atoms with Crippen LogP contribution < -0.4 is 20.3 Å². The van der Waals surface area contributed by atoms with Crippen molar-refractivity contribution >= 4 is 44.4 Å². The summed E-state index contributed by atoms with van der Waals surface area (Å²) in [4.78, 5) is 32.0. The van der Waals surface area contributed by atoms with Crippen LogP contribution in [0.2, 0.25) is 0 Å². The second kappa shape index (κ2) is 15.8. The summed E-state index contributed by atoms with van der Waals surface area (Å²) in [7, 11) is -3.02. The van der Waals surface area contributed by atoms with E-state index in [0.717, 1.165) is 49.6 Å². The molecule has 0 aliphatic carbocycles. The van der Waals surface area contributed by atoms with Gasteiger partial charge in [0.25, 0.3) is 5.91 Å². The number of imidazole rings is 1. The van der Waals surface area contributed by atoms with Crippen LogP contribution >= 0.6 is 0 Å². The minimum Gasteiger partial charge on any atom is -0.492 e. The molecule has 1 fully saturated rings. The van der Waals surface area contributed by atoms with Gasteiger partial charge in [0.2, 0.25) is 5.95 Å². The number of aryl methyl sites for hydroxylation is 1. The summed E-state index contributed by atoms with van der Waals surface area (Å²) >= 11 is 0. The Hall–Kier alpha value is -5.93. The van der Waals surface area contributed by atoms with E-state index < -0.39 is 33.1 Å². The van der Waals surface area contributed by atoms with Gasteiger partial charge in [-0.15, -0.1) is 0 Å². The molecule has 7 rings (SSSR count). The first kappa shape index (κ1) is 37.4. The van der Waals surface area contributed by atoms with Crippen molar-refractivity contribution < 1.29 is 26.7 Å². The summed E-state index contributed by atoms with van der Waals surface area (Å²) in [5, 5.41) is 5.71. The number of fused-ring (bicyclic) bond motifs is 1. The molecular formula is C40H40F2N8O4S. The number of carbonyl (C=O) groups is 1. The molecule has 3 aromatic heterocycles. The number of anilines is 4. The fourth-order valence-corrected chi connectivity index (χ4v) is 7.21. The number of nitrogens with zero attached hydrogens (tertiary/aromatic N) is 6. The molecule has 1 amide bonds. The number of aromatic nitrogens is 4. The molecule has 12 nitrogen and oxygen atoms in total. The lowest BCUT2D eigenvalue weighted by atomic mass is 10.0. The second-order valence-electron chi connectivity index (χ2n) is 13.3. The predicted octanol–water partition coefficient (Wildman–Crippen LogP) is 6.61. The maximum absolute atomic E-state index is 14.3. The lowest BCUT2D eigenvalue weighted by Crippen LogP contribution is -2.47. The standard InChI is InChI=1S/C40H40F2N8O4S/c1-4-54-34-25-33(49-19-17-48(18-20-49)21-22-55(3,52)53)26(2)23-32(34)45-40-43-15-14-31(44-40)38-36(46-35-13-5-6-16-50(35)38)27-9-7-10-28(24-27)39(51)47-37-29(41)11-8-12-30(37)42/h5-16,23-25H,4,17-22H2,1-3H3,(H,47,51)(H,43,44,45). The Labute approximate surface area is 317 Å². The molecule has 55 heavy (non-hydrogen) atoms. The third-order valence-corrected chi connectivity index (χ3v) is 10.3. The molecule has 0 spiro atoms. The van der Waals surface area contributed by atoms with Crippen LogP contribution in [0.5, 0.6) is 5.75 Å². The van der Waals surface area contributed by atoms with Crippen LogP contribution in [0.25, 0.3) is 28.3 Å². The number of amides is 1. The molecule has 6 aromatic rings. The quantitative estimate of drug-likeness (QED) is 0.140. The number of sulfone groups is 1. The van der Waals surface area contributed by atoms with Gasteiger partial charge in [-0.05, 0) is 67.9 Å². The highest BCUT2D eigenvalue weighted by atomic mass is 32.2. The summed E-state index contributed by atoms with van der Waals surface area (Å²) in [5.41, 5.74) is 5.38. The Morgan fingerprint density at radius 2 is 1.69 bits per heavy atom. The number of carbonyl (C=O) groups excluding carboxylic acids is 1. The second-order valence-corrected chi connectivity index (χ2v) is 15.5. The van der Waals surface area contributed by atoms with Gasteiger partial charge in [-0.1, -0.05) is 24.3 Å². The number of hydrogen-bond acceptors (Lipinski definition) is 10. The number of nitrogens with one attached hydrogen (secondary N) is 2. The molecule has 1 aliphatic heterocycles. The van der Waals surface area contributed by atoms with E-state index in [9.17, 15) is 22.0 Å². The Bertz CT molecular complexity index is 2470. The fraction of sp³-hybridized carbons (Fsp3) is 0.250. The van der Waals surface area contributed by atoms with Crippen molar-refractivity contribution in [3.8, 4) is 28.4 Å². The van der Waals surface area contributed by atoms with Gasteiger partial charge in [0.15, 0.2) is 0 Å². The predicted molar refractivity (Wildman–Crippen MR) is 210 cm³/mol. The molecule has 4 heterocycles. The molecule has 0 bridgehead atoms. The number of hydrogen-bond donors (Lipinski definition) is 2. The van der Waals surface area contributed by atoms with Crippen LogP contribution in [0.15, 0.2) is 91.3 Å². The topological polar surface area (TPSA) is 134 Å². The Morgan fingerprint density at radius 1 is 0.927 bits per heavy atom. The Kier molecular flexibility index (Phi) is 10.7. The lowest BCUT2D eigenvalue weighted by molar-refractivity contribution is 0.102. The van der Waals surface area contributed by atoms with Gasteiger partial charge in [-0.2, -0.15) is 0 Å². The number of para-hydroxylation sites is 1. The van der Waals surface area contributed by atoms with E-state index in [1.165, 1.54) is 12.3 Å². The highest BCUT2D eigenvalue weighted by Crippen LogP contribution is 2.37. The van der Waals surface area contributed by atoms with Crippen molar-refractivity contribution in [3.63, 3.8) is 0 Å². The average molecular weight is 767 g/mol. The van der Waals surface area contributed by atoms with Crippen molar-refractivity contribution in [1.29, 1.82) is 0 Å². The van der Waals surface area contributed by atoms with E-state index in [1.54, 1.807) is 36.5 Å². The maximum Gasteiger partial charge on any atom is 0.255 e. The minimum absolute atomic E-state index is 0.149. The number of piperazine rings is 1. The zero-order chi connectivity index (χ0) is 38.7. The van der Waals surface area contributed by atoms with Gasteiger partial charge >= 0.3 is 0 Å². The van der Waals surface area contributed by atoms with Gasteiger partial charge in [0.05, 0.1) is 35.1 Å². The van der Waals surface area contributed by atoms with Crippen LogP contribution in [-0.4, -0.2) is 89.9 Å².